The van der Waals surface area contributed by atoms with Crippen LogP contribution in [0.1, 0.15) is 25.3 Å². The van der Waals surface area contributed by atoms with E-state index in [1.165, 1.54) is 0 Å². The van der Waals surface area contributed by atoms with E-state index < -0.39 is 24.4 Å². The van der Waals surface area contributed by atoms with Crippen LogP contribution in [0.5, 0.6) is 5.75 Å². The Bertz CT molecular complexity index is 481. The maximum Gasteiger partial charge on any atom is 0.119 e. The van der Waals surface area contributed by atoms with Crippen molar-refractivity contribution in [1.29, 1.82) is 0 Å². The highest BCUT2D eigenvalue weighted by atomic mass is 16.5. The minimum absolute atomic E-state index is 0.238. The summed E-state index contributed by atoms with van der Waals surface area (Å²) < 4.78 is 5.63. The van der Waals surface area contributed by atoms with Crippen LogP contribution in [-0.4, -0.2) is 76.0 Å². The van der Waals surface area contributed by atoms with Gasteiger partial charge < -0.3 is 25.2 Å². The zero-order chi connectivity index (χ0) is 17.5. The second-order valence-electron chi connectivity index (χ2n) is 6.39. The number of β-amino-alcohol motifs (C(OH)–C–C–N with tert-alkyl or cyclic N) is 1. The van der Waals surface area contributed by atoms with Crippen LogP contribution in [0.2, 0.25) is 0 Å². The minimum Gasteiger partial charge on any atom is -0.494 e. The normalized spacial score (nSPS) is 28.0. The molecule has 0 spiro atoms. The monoisotopic (exact) mass is 339 g/mol. The van der Waals surface area contributed by atoms with Crippen LogP contribution in [-0.2, 0) is 6.42 Å². The Balaban J connectivity index is 1.87. The molecule has 0 bridgehead atoms. The lowest BCUT2D eigenvalue weighted by molar-refractivity contribution is -0.144. The Morgan fingerprint density at radius 3 is 2.46 bits per heavy atom. The van der Waals surface area contributed by atoms with Gasteiger partial charge in [0.25, 0.3) is 0 Å². The number of hydrogen-bond acceptors (Lipinski definition) is 6. The SMILES string of the molecule is CCCCOc1ccc(CCN2C[C@H](O)[C@@H](O)[C@H](O)[C@@H]2CO)cc1. The second-order valence-corrected chi connectivity index (χ2v) is 6.39. The molecule has 6 heteroatoms. The first-order valence-corrected chi connectivity index (χ1v) is 8.67. The number of nitrogens with zero attached hydrogens (tertiary/aromatic N) is 1. The number of piperidine rings is 1. The van der Waals surface area contributed by atoms with E-state index in [1.807, 2.05) is 29.2 Å². The molecule has 4 atom stereocenters. The maximum absolute atomic E-state index is 9.99. The van der Waals surface area contributed by atoms with Crippen molar-refractivity contribution in [3.8, 4) is 5.75 Å². The minimum atomic E-state index is -1.21. The van der Waals surface area contributed by atoms with Gasteiger partial charge in [0.1, 0.15) is 18.0 Å². The lowest BCUT2D eigenvalue weighted by atomic mass is 9.94. The highest BCUT2D eigenvalue weighted by molar-refractivity contribution is 5.27. The molecule has 0 radical (unpaired) electrons. The van der Waals surface area contributed by atoms with E-state index in [-0.39, 0.29) is 13.2 Å². The molecule has 1 fully saturated rings. The fraction of sp³-hybridized carbons (Fsp3) is 0.667. The van der Waals surface area contributed by atoms with Crippen LogP contribution >= 0.6 is 0 Å². The average Bonchev–Trinajstić information content (AvgIpc) is 2.59. The second kappa shape index (κ2) is 9.34. The standard InChI is InChI=1S/C18H29NO5/c1-2-3-10-24-14-6-4-13(5-7-14)8-9-19-11-16(21)18(23)17(22)15(19)12-20/h4-7,15-18,20-23H,2-3,8-12H2,1H3/t15-,16-,17+,18+/m0/s1. The molecular weight excluding hydrogens is 310 g/mol. The summed E-state index contributed by atoms with van der Waals surface area (Å²) in [6.45, 7) is 3.42. The molecule has 0 amide bonds. The molecule has 24 heavy (non-hydrogen) atoms. The first-order valence-electron chi connectivity index (χ1n) is 8.67. The number of unbranched alkanes of at least 4 members (excludes halogenated alkanes) is 1. The van der Waals surface area contributed by atoms with Crippen molar-refractivity contribution < 1.29 is 25.2 Å². The lowest BCUT2D eigenvalue weighted by Gasteiger charge is -2.43. The van der Waals surface area contributed by atoms with Crippen molar-refractivity contribution in [3.05, 3.63) is 29.8 Å². The topological polar surface area (TPSA) is 93.4 Å². The predicted molar refractivity (Wildman–Crippen MR) is 91.0 cm³/mol. The van der Waals surface area contributed by atoms with Gasteiger partial charge in [-0.3, -0.25) is 4.90 Å². The van der Waals surface area contributed by atoms with Crippen molar-refractivity contribution in [1.82, 2.24) is 4.90 Å². The molecule has 0 unspecified atom stereocenters. The molecule has 2 rings (SSSR count). The molecule has 0 aliphatic carbocycles. The fourth-order valence-corrected chi connectivity index (χ4v) is 2.99. The van der Waals surface area contributed by atoms with Crippen molar-refractivity contribution in [2.75, 3.05) is 26.3 Å². The van der Waals surface area contributed by atoms with Gasteiger partial charge >= 0.3 is 0 Å². The largest absolute Gasteiger partial charge is 0.494 e. The van der Waals surface area contributed by atoms with Crippen molar-refractivity contribution >= 4 is 0 Å². The van der Waals surface area contributed by atoms with E-state index in [2.05, 4.69) is 6.92 Å². The highest BCUT2D eigenvalue weighted by Crippen LogP contribution is 2.20. The van der Waals surface area contributed by atoms with Gasteiger partial charge in [0.15, 0.2) is 0 Å². The maximum atomic E-state index is 9.99. The van der Waals surface area contributed by atoms with Gasteiger partial charge in [-0.1, -0.05) is 25.5 Å². The Labute approximate surface area is 143 Å². The van der Waals surface area contributed by atoms with E-state index in [0.29, 0.717) is 6.54 Å². The Hall–Kier alpha value is -1.18. The number of likely N-dealkylation sites (tertiary alicyclic amines) is 1. The molecule has 1 aliphatic rings. The molecule has 6 nitrogen and oxygen atoms in total. The van der Waals surface area contributed by atoms with Crippen LogP contribution in [0.15, 0.2) is 24.3 Å². The number of aliphatic hydroxyl groups excluding tert-OH is 4. The highest BCUT2D eigenvalue weighted by Gasteiger charge is 2.40. The van der Waals surface area contributed by atoms with Gasteiger partial charge in [-0.15, -0.1) is 0 Å². The van der Waals surface area contributed by atoms with Gasteiger partial charge in [-0.25, -0.2) is 0 Å². The Kier molecular flexibility index (Phi) is 7.45. The molecule has 1 aromatic carbocycles. The molecule has 136 valence electrons. The first kappa shape index (κ1) is 19.1. The third-order valence-electron chi connectivity index (χ3n) is 4.59. The van der Waals surface area contributed by atoms with Crippen LogP contribution < -0.4 is 4.74 Å². The zero-order valence-electron chi connectivity index (χ0n) is 14.2. The quantitative estimate of drug-likeness (QED) is 0.505. The molecule has 1 saturated heterocycles. The summed E-state index contributed by atoms with van der Waals surface area (Å²) in [5, 5.41) is 39.0. The van der Waals surface area contributed by atoms with Crippen LogP contribution in [0.3, 0.4) is 0 Å². The summed E-state index contributed by atoms with van der Waals surface area (Å²) >= 11 is 0. The van der Waals surface area contributed by atoms with Gasteiger partial charge in [0.05, 0.1) is 25.4 Å². The molecule has 4 N–H and O–H groups in total. The third-order valence-corrected chi connectivity index (χ3v) is 4.59. The molecule has 0 aromatic heterocycles. The molecular formula is C18H29NO5. The van der Waals surface area contributed by atoms with Crippen molar-refractivity contribution in [3.63, 3.8) is 0 Å². The molecule has 1 aromatic rings. The first-order chi connectivity index (χ1) is 11.6. The van der Waals surface area contributed by atoms with E-state index in [0.717, 1.165) is 37.2 Å². The van der Waals surface area contributed by atoms with Crippen LogP contribution in [0.25, 0.3) is 0 Å². The average molecular weight is 339 g/mol. The third kappa shape index (κ3) is 4.91. The van der Waals surface area contributed by atoms with E-state index in [4.69, 9.17) is 4.74 Å². The summed E-state index contributed by atoms with van der Waals surface area (Å²) in [5.41, 5.74) is 1.12. The van der Waals surface area contributed by atoms with E-state index >= 15 is 0 Å². The van der Waals surface area contributed by atoms with Gasteiger partial charge in [-0.2, -0.15) is 0 Å². The molecule has 0 saturated carbocycles. The summed E-state index contributed by atoms with van der Waals surface area (Å²) in [6, 6.07) is 7.33. The summed E-state index contributed by atoms with van der Waals surface area (Å²) in [5.74, 6) is 0.854. The molecule has 1 aliphatic heterocycles. The number of aliphatic hydroxyl groups is 4. The smallest absolute Gasteiger partial charge is 0.119 e. The van der Waals surface area contributed by atoms with Crippen molar-refractivity contribution in [2.24, 2.45) is 0 Å². The summed E-state index contributed by atoms with van der Waals surface area (Å²) in [4.78, 5) is 1.83. The van der Waals surface area contributed by atoms with Crippen LogP contribution in [0.4, 0.5) is 0 Å². The van der Waals surface area contributed by atoms with Crippen molar-refractivity contribution in [2.45, 2.75) is 50.5 Å². The number of ether oxygens (including phenoxy) is 1. The summed E-state index contributed by atoms with van der Waals surface area (Å²) in [6.07, 6.45) is -0.494. The fourth-order valence-electron chi connectivity index (χ4n) is 2.99. The predicted octanol–water partition coefficient (Wildman–Crippen LogP) is 0.167. The van der Waals surface area contributed by atoms with Gasteiger partial charge in [-0.05, 0) is 30.5 Å². The van der Waals surface area contributed by atoms with Gasteiger partial charge in [0.2, 0.25) is 0 Å². The number of benzene rings is 1. The Morgan fingerprint density at radius 2 is 1.83 bits per heavy atom. The summed E-state index contributed by atoms with van der Waals surface area (Å²) in [7, 11) is 0. The van der Waals surface area contributed by atoms with Crippen LogP contribution in [0, 0.1) is 0 Å². The number of rotatable bonds is 8. The van der Waals surface area contributed by atoms with E-state index in [9.17, 15) is 20.4 Å². The Morgan fingerprint density at radius 1 is 1.12 bits per heavy atom. The molecule has 1 heterocycles. The lowest BCUT2D eigenvalue weighted by Crippen LogP contribution is -2.62. The zero-order valence-corrected chi connectivity index (χ0v) is 14.2. The van der Waals surface area contributed by atoms with E-state index in [1.54, 1.807) is 0 Å². The van der Waals surface area contributed by atoms with Gasteiger partial charge in [0, 0.05) is 13.1 Å². The number of hydrogen-bond donors (Lipinski definition) is 4.